The first-order valence-electron chi connectivity index (χ1n) is 30.0. The summed E-state index contributed by atoms with van der Waals surface area (Å²) in [6.07, 6.45) is 0. The second-order valence-electron chi connectivity index (χ2n) is 22.8. The zero-order chi connectivity index (χ0) is 58.1. The zero-order valence-electron chi connectivity index (χ0n) is 47.9. The van der Waals surface area contributed by atoms with E-state index in [9.17, 15) is 0 Å². The van der Waals surface area contributed by atoms with Gasteiger partial charge in [-0.3, -0.25) is 0 Å². The number of benzene rings is 14. The Kier molecular flexibility index (Phi) is 12.6. The lowest BCUT2D eigenvalue weighted by molar-refractivity contribution is 1.18. The van der Waals surface area contributed by atoms with Gasteiger partial charge in [-0.2, -0.15) is 0 Å². The normalized spacial score (nSPS) is 11.6. The molecule has 0 N–H and O–H groups in total. The van der Waals surface area contributed by atoms with E-state index < -0.39 is 0 Å². The molecule has 88 heavy (non-hydrogen) atoms. The topological polar surface area (TPSA) is 9.86 Å². The smallest absolute Gasteiger partial charge is 0.0555 e. The monoisotopic (exact) mass is 1150 g/mol. The van der Waals surface area contributed by atoms with Gasteiger partial charge < -0.3 is 9.13 Å². The summed E-state index contributed by atoms with van der Waals surface area (Å²) in [4.78, 5) is 0. The molecule has 18 rings (SSSR count). The highest BCUT2D eigenvalue weighted by atomic mass is 32.1. The molecule has 0 saturated carbocycles. The summed E-state index contributed by atoms with van der Waals surface area (Å²) < 4.78 is 10.2. The van der Waals surface area contributed by atoms with Crippen LogP contribution in [0.3, 0.4) is 0 Å². The minimum atomic E-state index is 1.17. The molecule has 0 saturated heterocycles. The zero-order valence-corrected chi connectivity index (χ0v) is 49.5. The first kappa shape index (κ1) is 51.5. The lowest BCUT2D eigenvalue weighted by Crippen LogP contribution is -1.94. The van der Waals surface area contributed by atoms with Crippen molar-refractivity contribution in [3.05, 3.63) is 328 Å². The third-order valence-corrected chi connectivity index (χ3v) is 19.8. The Balaban J connectivity index is 0.000000137. The molecule has 14 aromatic carbocycles. The van der Waals surface area contributed by atoms with Crippen molar-refractivity contribution >= 4 is 107 Å². The van der Waals surface area contributed by atoms with E-state index in [1.807, 2.05) is 22.7 Å². The van der Waals surface area contributed by atoms with Gasteiger partial charge >= 0.3 is 0 Å². The Bertz CT molecular complexity index is 5520. The Labute approximate surface area is 518 Å². The quantitative estimate of drug-likeness (QED) is 0.144. The maximum Gasteiger partial charge on any atom is 0.0555 e. The third kappa shape index (κ3) is 9.00. The van der Waals surface area contributed by atoms with Crippen LogP contribution in [0, 0.1) is 0 Å². The molecule has 0 aliphatic carbocycles. The standard InChI is InChI=1S/2C42H27NS/c1-3-11-28(12-4-1)31-23-32(29-13-5-2-6-14-29)25-33(24-31)30-19-21-34(22-20-30)43-39-17-9-7-15-35(39)37-26-38-36-16-8-10-18-41(36)44-42(38)27-40(37)43;1-3-11-28(12-4-1)31-25-32(29-13-5-2-6-14-29)27-33(26-31)30-19-21-34(22-20-30)43-37-17-9-7-15-35(37)41-38(43)23-24-40-42(41)36-16-8-10-18-39(36)44-40/h2*1-27H. The number of fused-ring (bicyclic) bond motifs is 13. The summed E-state index contributed by atoms with van der Waals surface area (Å²) in [5.74, 6) is 0. The molecule has 0 aliphatic heterocycles. The van der Waals surface area contributed by atoms with Gasteiger partial charge in [-0.1, -0.05) is 218 Å². The van der Waals surface area contributed by atoms with Crippen molar-refractivity contribution in [1.82, 2.24) is 9.13 Å². The fourth-order valence-corrected chi connectivity index (χ4v) is 15.6. The Hall–Kier alpha value is -10.9. The molecule has 0 amide bonds. The van der Waals surface area contributed by atoms with E-state index in [0.717, 1.165) is 0 Å². The number of hydrogen-bond acceptors (Lipinski definition) is 2. The summed E-state index contributed by atoms with van der Waals surface area (Å²) in [6.45, 7) is 0. The van der Waals surface area contributed by atoms with E-state index in [1.54, 1.807) is 0 Å². The van der Waals surface area contributed by atoms with Crippen LogP contribution in [0.2, 0.25) is 0 Å². The molecule has 4 aromatic heterocycles. The number of nitrogens with zero attached hydrogens (tertiary/aromatic N) is 2. The van der Waals surface area contributed by atoms with E-state index in [1.165, 1.54) is 162 Å². The van der Waals surface area contributed by atoms with Gasteiger partial charge in [0, 0.05) is 73.3 Å². The Morgan fingerprint density at radius 2 is 0.534 bits per heavy atom. The van der Waals surface area contributed by atoms with Crippen LogP contribution in [0.15, 0.2) is 328 Å². The van der Waals surface area contributed by atoms with Crippen LogP contribution >= 0.6 is 22.7 Å². The van der Waals surface area contributed by atoms with Gasteiger partial charge in [-0.25, -0.2) is 0 Å². The summed E-state index contributed by atoms with van der Waals surface area (Å²) >= 11 is 3.76. The summed E-state index contributed by atoms with van der Waals surface area (Å²) in [6, 6.07) is 119. The van der Waals surface area contributed by atoms with Crippen LogP contribution in [0.4, 0.5) is 0 Å². The van der Waals surface area contributed by atoms with Crippen LogP contribution < -0.4 is 0 Å². The highest BCUT2D eigenvalue weighted by Crippen LogP contribution is 2.45. The first-order chi connectivity index (χ1) is 43.6. The molecule has 0 fully saturated rings. The molecule has 0 spiro atoms. The van der Waals surface area contributed by atoms with Crippen molar-refractivity contribution in [2.75, 3.05) is 0 Å². The van der Waals surface area contributed by atoms with Crippen LogP contribution in [0.1, 0.15) is 0 Å². The van der Waals surface area contributed by atoms with Crippen LogP contribution in [-0.2, 0) is 0 Å². The fraction of sp³-hybridized carbons (Fsp3) is 0. The second-order valence-corrected chi connectivity index (χ2v) is 24.9. The molecule has 0 atom stereocenters. The lowest BCUT2D eigenvalue weighted by atomic mass is 9.93. The Morgan fingerprint density at radius 3 is 1.02 bits per heavy atom. The largest absolute Gasteiger partial charge is 0.309 e. The first-order valence-corrected chi connectivity index (χ1v) is 31.7. The van der Waals surface area contributed by atoms with Crippen molar-refractivity contribution in [2.24, 2.45) is 0 Å². The minimum absolute atomic E-state index is 1.17. The number of rotatable bonds is 8. The van der Waals surface area contributed by atoms with Crippen molar-refractivity contribution < 1.29 is 0 Å². The maximum absolute atomic E-state index is 2.43. The number of para-hydroxylation sites is 2. The average Bonchev–Trinajstić information content (AvgIpc) is 1.67. The van der Waals surface area contributed by atoms with Crippen molar-refractivity contribution in [3.63, 3.8) is 0 Å². The van der Waals surface area contributed by atoms with Gasteiger partial charge in [0.15, 0.2) is 0 Å². The van der Waals surface area contributed by atoms with Gasteiger partial charge in [-0.15, -0.1) is 22.7 Å². The predicted octanol–water partition coefficient (Wildman–Crippen LogP) is 24.3. The van der Waals surface area contributed by atoms with E-state index in [0.29, 0.717) is 0 Å². The fourth-order valence-electron chi connectivity index (χ4n) is 13.4. The number of hydrogen-bond donors (Lipinski definition) is 0. The lowest BCUT2D eigenvalue weighted by Gasteiger charge is -2.13. The van der Waals surface area contributed by atoms with Crippen LogP contribution in [0.5, 0.6) is 0 Å². The van der Waals surface area contributed by atoms with Gasteiger partial charge in [-0.05, 0) is 176 Å². The second kappa shape index (κ2) is 21.6. The molecule has 4 heteroatoms. The van der Waals surface area contributed by atoms with E-state index in [4.69, 9.17) is 0 Å². The van der Waals surface area contributed by atoms with Crippen LogP contribution in [-0.4, -0.2) is 9.13 Å². The van der Waals surface area contributed by atoms with Crippen molar-refractivity contribution in [1.29, 1.82) is 0 Å². The van der Waals surface area contributed by atoms with Gasteiger partial charge in [0.2, 0.25) is 0 Å². The highest BCUT2D eigenvalue weighted by Gasteiger charge is 2.20. The maximum atomic E-state index is 2.43. The Morgan fingerprint density at radius 1 is 0.170 bits per heavy atom. The average molecular weight is 1160 g/mol. The molecule has 412 valence electrons. The molecule has 0 unspecified atom stereocenters. The molecular weight excluding hydrogens is 1100 g/mol. The number of aromatic nitrogens is 2. The van der Waals surface area contributed by atoms with E-state index in [2.05, 4.69) is 337 Å². The number of thiophene rings is 2. The molecule has 0 bridgehead atoms. The molecule has 0 aliphatic rings. The SMILES string of the molecule is c1ccc(-c2cc(-c3ccccc3)cc(-c3ccc(-n4c5ccccc5c5c6c(ccc54)sc4ccccc46)cc3)c2)cc1.c1ccc(-c2cc(-c3ccccc3)cc(-c3ccc(-n4c5ccccc5c5cc6c(cc54)sc4ccccc46)cc3)c2)cc1. The summed E-state index contributed by atoms with van der Waals surface area (Å²) in [5, 5.41) is 10.6. The summed E-state index contributed by atoms with van der Waals surface area (Å²) in [5.41, 5.74) is 21.9. The van der Waals surface area contributed by atoms with Crippen molar-refractivity contribution in [2.45, 2.75) is 0 Å². The van der Waals surface area contributed by atoms with Gasteiger partial charge in [0.05, 0.1) is 22.1 Å². The van der Waals surface area contributed by atoms with Gasteiger partial charge in [0.1, 0.15) is 0 Å². The van der Waals surface area contributed by atoms with E-state index >= 15 is 0 Å². The van der Waals surface area contributed by atoms with Gasteiger partial charge in [0.25, 0.3) is 0 Å². The predicted molar refractivity (Wildman–Crippen MR) is 380 cm³/mol. The molecule has 4 heterocycles. The third-order valence-electron chi connectivity index (χ3n) is 17.6. The summed E-state index contributed by atoms with van der Waals surface area (Å²) in [7, 11) is 0. The highest BCUT2D eigenvalue weighted by molar-refractivity contribution is 7.26. The molecule has 2 nitrogen and oxygen atoms in total. The van der Waals surface area contributed by atoms with E-state index in [-0.39, 0.29) is 0 Å². The molecular formula is C84H54N2S2. The molecule has 0 radical (unpaired) electrons. The van der Waals surface area contributed by atoms with Crippen LogP contribution in [0.25, 0.3) is 162 Å². The molecule has 18 aromatic rings. The minimum Gasteiger partial charge on any atom is -0.309 e. The van der Waals surface area contributed by atoms with Crippen molar-refractivity contribution in [3.8, 4) is 78.1 Å².